The van der Waals surface area contributed by atoms with E-state index < -0.39 is 21.3 Å². The first-order chi connectivity index (χ1) is 11.9. The number of esters is 1. The highest BCUT2D eigenvalue weighted by molar-refractivity contribution is 14.1. The standard InChI is InChI=1S/C14H7F2I3O6S/c15-14(16,26(21,22)23)13(20)25-9-3-1-8(2-4-9)24-12-10(18)5-7(17)6-11(12)19/h1-6H,(H,21,22,23). The SMILES string of the molecule is O=C(Oc1ccc(Oc2c(I)cc(I)cc2I)cc1)C(F)(F)S(=O)(=O)O. The van der Waals surface area contributed by atoms with Crippen LogP contribution in [0.15, 0.2) is 36.4 Å². The number of carbonyl (C=O) groups excluding carboxylic acids is 1. The van der Waals surface area contributed by atoms with Crippen LogP contribution >= 0.6 is 67.8 Å². The van der Waals surface area contributed by atoms with Gasteiger partial charge in [-0.25, -0.2) is 4.79 Å². The summed E-state index contributed by atoms with van der Waals surface area (Å²) in [6.45, 7) is 0. The molecule has 2 aromatic carbocycles. The second-order valence-electron chi connectivity index (χ2n) is 4.65. The van der Waals surface area contributed by atoms with Crippen LogP contribution in [0.2, 0.25) is 0 Å². The van der Waals surface area contributed by atoms with Crippen LogP contribution in [0, 0.1) is 10.7 Å². The van der Waals surface area contributed by atoms with Crippen LogP contribution in [0.25, 0.3) is 0 Å². The molecule has 0 spiro atoms. The summed E-state index contributed by atoms with van der Waals surface area (Å²) in [6, 6.07) is 8.84. The van der Waals surface area contributed by atoms with Gasteiger partial charge in [0.1, 0.15) is 11.5 Å². The van der Waals surface area contributed by atoms with Crippen LogP contribution < -0.4 is 9.47 Å². The molecule has 0 unspecified atom stereocenters. The molecule has 0 aromatic heterocycles. The van der Waals surface area contributed by atoms with E-state index in [1.165, 1.54) is 12.1 Å². The van der Waals surface area contributed by atoms with Gasteiger partial charge in [0.25, 0.3) is 0 Å². The summed E-state index contributed by atoms with van der Waals surface area (Å²) in [7, 11) is -5.92. The fourth-order valence-electron chi connectivity index (χ4n) is 1.59. The number of benzene rings is 2. The number of carbonyl (C=O) groups is 1. The van der Waals surface area contributed by atoms with Crippen molar-refractivity contribution in [1.29, 1.82) is 0 Å². The number of ether oxygens (including phenoxy) is 2. The van der Waals surface area contributed by atoms with E-state index >= 15 is 0 Å². The molecular weight excluding hydrogens is 715 g/mol. The van der Waals surface area contributed by atoms with Gasteiger partial charge < -0.3 is 9.47 Å². The Bertz CT molecular complexity index is 925. The minimum absolute atomic E-state index is 0.335. The van der Waals surface area contributed by atoms with Crippen LogP contribution in [0.1, 0.15) is 0 Å². The van der Waals surface area contributed by atoms with Gasteiger partial charge in [-0.1, -0.05) is 0 Å². The number of rotatable bonds is 5. The summed E-state index contributed by atoms with van der Waals surface area (Å²) in [6.07, 6.45) is 0. The molecule has 26 heavy (non-hydrogen) atoms. The fraction of sp³-hybridized carbons (Fsp3) is 0.0714. The third kappa shape index (κ3) is 5.14. The zero-order valence-corrected chi connectivity index (χ0v) is 19.5. The number of halogens is 5. The monoisotopic (exact) mass is 722 g/mol. The van der Waals surface area contributed by atoms with Gasteiger partial charge >= 0.3 is 21.3 Å². The largest absolute Gasteiger partial charge is 0.466 e. The second kappa shape index (κ2) is 8.36. The molecule has 1 N–H and O–H groups in total. The molecule has 2 aromatic rings. The molecule has 0 aliphatic heterocycles. The maximum Gasteiger partial charge on any atom is 0.466 e. The fourth-order valence-corrected chi connectivity index (χ4v) is 5.65. The van der Waals surface area contributed by atoms with Crippen molar-refractivity contribution in [2.24, 2.45) is 0 Å². The lowest BCUT2D eigenvalue weighted by atomic mass is 10.3. The van der Waals surface area contributed by atoms with Crippen LogP contribution in [-0.4, -0.2) is 24.2 Å². The molecule has 0 bridgehead atoms. The molecule has 0 aliphatic carbocycles. The van der Waals surface area contributed by atoms with Crippen molar-refractivity contribution in [2.75, 3.05) is 0 Å². The molecule has 0 saturated carbocycles. The molecule has 0 heterocycles. The molecule has 0 amide bonds. The quantitative estimate of drug-likeness (QED) is 0.209. The lowest BCUT2D eigenvalue weighted by molar-refractivity contribution is -0.151. The topological polar surface area (TPSA) is 89.9 Å². The molecule has 0 atom stereocenters. The maximum absolute atomic E-state index is 13.2. The number of alkyl halides is 2. The number of hydrogen-bond donors (Lipinski definition) is 1. The summed E-state index contributed by atoms with van der Waals surface area (Å²) < 4.78 is 68.5. The first-order valence-corrected chi connectivity index (χ1v) is 11.1. The summed E-state index contributed by atoms with van der Waals surface area (Å²) >= 11 is 6.39. The van der Waals surface area contributed by atoms with Gasteiger partial charge in [-0.05, 0) is 104 Å². The summed E-state index contributed by atoms with van der Waals surface area (Å²) in [4.78, 5) is 11.2. The zero-order chi connectivity index (χ0) is 19.7. The van der Waals surface area contributed by atoms with Gasteiger partial charge in [0, 0.05) is 3.57 Å². The van der Waals surface area contributed by atoms with E-state index in [0.29, 0.717) is 11.5 Å². The maximum atomic E-state index is 13.2. The smallest absolute Gasteiger partial charge is 0.455 e. The van der Waals surface area contributed by atoms with E-state index in [1.54, 1.807) is 0 Å². The molecule has 0 fully saturated rings. The second-order valence-corrected chi connectivity index (χ2v) is 9.69. The average Bonchev–Trinajstić information content (AvgIpc) is 2.51. The Labute approximate surface area is 187 Å². The summed E-state index contributed by atoms with van der Waals surface area (Å²) in [5, 5.41) is -5.06. The van der Waals surface area contributed by atoms with Gasteiger partial charge in [-0.15, -0.1) is 0 Å². The predicted octanol–water partition coefficient (Wildman–Crippen LogP) is 4.68. The normalized spacial score (nSPS) is 11.9. The van der Waals surface area contributed by atoms with Gasteiger partial charge in [0.2, 0.25) is 0 Å². The van der Waals surface area contributed by atoms with Crippen LogP contribution in [-0.2, 0) is 14.9 Å². The molecule has 140 valence electrons. The highest BCUT2D eigenvalue weighted by Crippen LogP contribution is 2.34. The molecule has 0 aliphatic rings. The van der Waals surface area contributed by atoms with E-state index in [4.69, 9.17) is 9.29 Å². The zero-order valence-electron chi connectivity index (χ0n) is 12.3. The van der Waals surface area contributed by atoms with Gasteiger partial charge in [-0.2, -0.15) is 17.2 Å². The highest BCUT2D eigenvalue weighted by Gasteiger charge is 2.54. The average molecular weight is 722 g/mol. The van der Waals surface area contributed by atoms with E-state index in [1.807, 2.05) is 12.1 Å². The van der Waals surface area contributed by atoms with E-state index in [2.05, 4.69) is 72.5 Å². The Balaban J connectivity index is 2.16. The summed E-state index contributed by atoms with van der Waals surface area (Å²) in [5.74, 6) is -1.79. The van der Waals surface area contributed by atoms with Crippen molar-refractivity contribution >= 4 is 83.9 Å². The first-order valence-electron chi connectivity index (χ1n) is 6.41. The number of hydrogen-bond acceptors (Lipinski definition) is 5. The third-order valence-electron chi connectivity index (χ3n) is 2.78. The first kappa shape index (κ1) is 22.0. The van der Waals surface area contributed by atoms with Gasteiger partial charge in [0.15, 0.2) is 5.75 Å². The van der Waals surface area contributed by atoms with Crippen LogP contribution in [0.5, 0.6) is 17.2 Å². The Morgan fingerprint density at radius 3 is 1.92 bits per heavy atom. The minimum atomic E-state index is -5.92. The van der Waals surface area contributed by atoms with E-state index in [9.17, 15) is 22.0 Å². The Morgan fingerprint density at radius 1 is 1.00 bits per heavy atom. The van der Waals surface area contributed by atoms with Crippen molar-refractivity contribution < 1.29 is 36.0 Å². The molecular formula is C14H7F2I3O6S. The van der Waals surface area contributed by atoms with Crippen LogP contribution in [0.3, 0.4) is 0 Å². The van der Waals surface area contributed by atoms with E-state index in [-0.39, 0.29) is 5.75 Å². The van der Waals surface area contributed by atoms with Crippen LogP contribution in [0.4, 0.5) is 8.78 Å². The van der Waals surface area contributed by atoms with Crippen molar-refractivity contribution in [3.05, 3.63) is 47.1 Å². The Hall–Kier alpha value is -0.330. The van der Waals surface area contributed by atoms with Gasteiger partial charge in [0.05, 0.1) is 7.14 Å². The predicted molar refractivity (Wildman–Crippen MR) is 113 cm³/mol. The molecule has 12 heteroatoms. The highest BCUT2D eigenvalue weighted by atomic mass is 127. The van der Waals surface area contributed by atoms with Crippen molar-refractivity contribution in [3.8, 4) is 17.2 Å². The van der Waals surface area contributed by atoms with Gasteiger partial charge in [-0.3, -0.25) is 4.55 Å². The lowest BCUT2D eigenvalue weighted by Gasteiger charge is -2.13. The van der Waals surface area contributed by atoms with Crippen molar-refractivity contribution in [1.82, 2.24) is 0 Å². The molecule has 6 nitrogen and oxygen atoms in total. The van der Waals surface area contributed by atoms with Crippen molar-refractivity contribution in [2.45, 2.75) is 5.25 Å². The van der Waals surface area contributed by atoms with E-state index in [0.717, 1.165) is 22.8 Å². The minimum Gasteiger partial charge on any atom is -0.455 e. The van der Waals surface area contributed by atoms with Crippen molar-refractivity contribution in [3.63, 3.8) is 0 Å². The third-order valence-corrected chi connectivity index (χ3v) is 5.82. The Morgan fingerprint density at radius 2 is 1.46 bits per heavy atom. The molecule has 2 rings (SSSR count). The summed E-state index contributed by atoms with van der Waals surface area (Å²) in [5.41, 5.74) is 0. The molecule has 0 saturated heterocycles. The molecule has 0 radical (unpaired) electrons. The lowest BCUT2D eigenvalue weighted by Crippen LogP contribution is -2.40. The Kier molecular flexibility index (Phi) is 7.06.